The van der Waals surface area contributed by atoms with Gasteiger partial charge in [0.25, 0.3) is 0 Å². The second-order valence-corrected chi connectivity index (χ2v) is 7.07. The molecule has 2 atom stereocenters. The monoisotopic (exact) mass is 282 g/mol. The van der Waals surface area contributed by atoms with Crippen molar-refractivity contribution >= 4 is 0 Å². The molecule has 0 aromatic rings. The number of nitrogens with one attached hydrogen (secondary N) is 1. The van der Waals surface area contributed by atoms with Crippen LogP contribution in [-0.4, -0.2) is 20.9 Å². The molecule has 0 aliphatic carbocycles. The molecular weight excluding hydrogens is 261 g/mol. The average Bonchev–Trinajstić information content (AvgIpc) is 2.15. The minimum atomic E-state index is 0.528. The Hall–Kier alpha value is 0.690. The molecule has 1 rings (SSSR count). The number of halogens is 1. The van der Waals surface area contributed by atoms with E-state index in [0.29, 0.717) is 21.2 Å². The first-order chi connectivity index (χ1) is 5.86. The van der Waals surface area contributed by atoms with Crippen LogP contribution in [0.15, 0.2) is 0 Å². The van der Waals surface area contributed by atoms with E-state index in [0.717, 1.165) is 9.97 Å². The molecule has 1 fully saturated rings. The molecule has 0 aromatic carbocycles. The molecule has 2 heteroatoms. The summed E-state index contributed by atoms with van der Waals surface area (Å²) in [5.41, 5.74) is 0. The summed E-state index contributed by atoms with van der Waals surface area (Å²) in [4.78, 5) is 0. The van der Waals surface area contributed by atoms with Gasteiger partial charge in [0.05, 0.1) is 0 Å². The molecule has 1 N–H and O–H groups in total. The molecule has 2 unspecified atom stereocenters. The first-order valence-corrected chi connectivity index (χ1v) is 7.95. The van der Waals surface area contributed by atoms with Gasteiger partial charge in [0.15, 0.2) is 0 Å². The van der Waals surface area contributed by atoms with Crippen LogP contribution in [0, 0.1) is 0 Å². The molecular formula is C10H21IN-. The molecule has 1 nitrogen and oxygen atoms in total. The quantitative estimate of drug-likeness (QED) is 0.516. The first-order valence-electron chi connectivity index (χ1n) is 5.17. The van der Waals surface area contributed by atoms with Gasteiger partial charge in [0.2, 0.25) is 0 Å². The molecule has 0 amide bonds. The third-order valence-corrected chi connectivity index (χ3v) is 6.77. The van der Waals surface area contributed by atoms with Gasteiger partial charge in [0.1, 0.15) is 0 Å². The van der Waals surface area contributed by atoms with Crippen LogP contribution in [0.2, 0.25) is 0 Å². The summed E-state index contributed by atoms with van der Waals surface area (Å²) in [5, 5.41) is 3.64. The Morgan fingerprint density at radius 2 is 2.17 bits per heavy atom. The standard InChI is InChI=1S/C10H21IN/c1-3-7-12-10-6-5-9(4-2)11-8-10/h9-10,12H,3-8H2,1-2H3/q-1. The van der Waals surface area contributed by atoms with Crippen molar-refractivity contribution < 1.29 is 21.2 Å². The maximum atomic E-state index is 3.64. The van der Waals surface area contributed by atoms with E-state index >= 15 is 0 Å². The van der Waals surface area contributed by atoms with E-state index in [1.54, 1.807) is 0 Å². The molecule has 1 heterocycles. The minimum absolute atomic E-state index is 0.528. The van der Waals surface area contributed by atoms with Crippen LogP contribution in [0.25, 0.3) is 0 Å². The Labute approximate surface area is 87.0 Å². The van der Waals surface area contributed by atoms with Gasteiger partial charge >= 0.3 is 87.0 Å². The van der Waals surface area contributed by atoms with Crippen molar-refractivity contribution in [3.63, 3.8) is 0 Å². The van der Waals surface area contributed by atoms with Crippen LogP contribution in [0.3, 0.4) is 0 Å². The predicted octanol–water partition coefficient (Wildman–Crippen LogP) is -0.984. The number of hydrogen-bond donors (Lipinski definition) is 1. The van der Waals surface area contributed by atoms with Gasteiger partial charge in [-0.25, -0.2) is 0 Å². The van der Waals surface area contributed by atoms with Gasteiger partial charge in [-0.05, 0) is 0 Å². The van der Waals surface area contributed by atoms with E-state index < -0.39 is 0 Å². The summed E-state index contributed by atoms with van der Waals surface area (Å²) < 4.78 is 2.67. The zero-order chi connectivity index (χ0) is 8.81. The van der Waals surface area contributed by atoms with Gasteiger partial charge in [-0.2, -0.15) is 0 Å². The summed E-state index contributed by atoms with van der Waals surface area (Å²) in [5.74, 6) is 0. The Morgan fingerprint density at radius 3 is 2.67 bits per heavy atom. The maximum absolute atomic E-state index is 3.64. The van der Waals surface area contributed by atoms with Gasteiger partial charge in [-0.1, -0.05) is 0 Å². The van der Waals surface area contributed by atoms with Crippen LogP contribution in [-0.2, 0) is 0 Å². The van der Waals surface area contributed by atoms with E-state index in [1.807, 2.05) is 0 Å². The van der Waals surface area contributed by atoms with Crippen LogP contribution >= 0.6 is 0 Å². The van der Waals surface area contributed by atoms with Gasteiger partial charge < -0.3 is 0 Å². The van der Waals surface area contributed by atoms with Crippen molar-refractivity contribution in [2.75, 3.05) is 11.0 Å². The van der Waals surface area contributed by atoms with E-state index in [-0.39, 0.29) is 0 Å². The predicted molar refractivity (Wildman–Crippen MR) is 50.3 cm³/mol. The Morgan fingerprint density at radius 1 is 1.33 bits per heavy atom. The molecule has 0 spiro atoms. The molecule has 0 aromatic heterocycles. The fourth-order valence-corrected chi connectivity index (χ4v) is 5.10. The number of alkyl halides is 2. The molecule has 74 valence electrons. The van der Waals surface area contributed by atoms with E-state index in [9.17, 15) is 0 Å². The number of rotatable bonds is 4. The molecule has 1 aliphatic heterocycles. The molecule has 0 radical (unpaired) electrons. The van der Waals surface area contributed by atoms with Gasteiger partial charge in [-0.3, -0.25) is 0 Å². The zero-order valence-electron chi connectivity index (χ0n) is 8.28. The molecule has 1 aliphatic rings. The summed E-state index contributed by atoms with van der Waals surface area (Å²) in [6.45, 7) is 5.83. The second kappa shape index (κ2) is 6.19. The summed E-state index contributed by atoms with van der Waals surface area (Å²) in [6, 6.07) is 0.889. The van der Waals surface area contributed by atoms with E-state index in [1.165, 1.54) is 36.7 Å². The normalized spacial score (nSPS) is 31.2. The summed E-state index contributed by atoms with van der Waals surface area (Å²) >= 11 is 0.528. The van der Waals surface area contributed by atoms with Crippen molar-refractivity contribution in [2.24, 2.45) is 0 Å². The Bertz CT molecular complexity index is 108. The van der Waals surface area contributed by atoms with Crippen molar-refractivity contribution in [1.29, 1.82) is 0 Å². The Kier molecular flexibility index (Phi) is 5.56. The van der Waals surface area contributed by atoms with Gasteiger partial charge in [-0.15, -0.1) is 0 Å². The van der Waals surface area contributed by atoms with E-state index in [2.05, 4.69) is 19.2 Å². The molecule has 0 bridgehead atoms. The van der Waals surface area contributed by atoms with E-state index in [4.69, 9.17) is 0 Å². The molecule has 12 heavy (non-hydrogen) atoms. The summed E-state index contributed by atoms with van der Waals surface area (Å²) in [6.07, 6.45) is 5.67. The average molecular weight is 282 g/mol. The third-order valence-electron chi connectivity index (χ3n) is 2.45. The van der Waals surface area contributed by atoms with Crippen molar-refractivity contribution in [3.05, 3.63) is 0 Å². The SMILES string of the molecule is CCCNC1CCC(CC)[I-]C1. The zero-order valence-corrected chi connectivity index (χ0v) is 10.4. The topological polar surface area (TPSA) is 12.0 Å². The third kappa shape index (κ3) is 3.60. The van der Waals surface area contributed by atoms with Crippen molar-refractivity contribution in [2.45, 2.75) is 49.5 Å². The molecule has 0 saturated carbocycles. The first kappa shape index (κ1) is 10.8. The summed E-state index contributed by atoms with van der Waals surface area (Å²) in [7, 11) is 0. The van der Waals surface area contributed by atoms with Crippen molar-refractivity contribution in [1.82, 2.24) is 5.32 Å². The fraction of sp³-hybridized carbons (Fsp3) is 1.00. The Balaban J connectivity index is 2.09. The fourth-order valence-electron chi connectivity index (χ4n) is 1.59. The van der Waals surface area contributed by atoms with Crippen LogP contribution < -0.4 is 26.5 Å². The number of hydrogen-bond acceptors (Lipinski definition) is 1. The second-order valence-electron chi connectivity index (χ2n) is 3.54. The van der Waals surface area contributed by atoms with Crippen molar-refractivity contribution in [3.8, 4) is 0 Å². The van der Waals surface area contributed by atoms with Gasteiger partial charge in [0, 0.05) is 0 Å². The van der Waals surface area contributed by atoms with Crippen LogP contribution in [0.1, 0.15) is 39.5 Å². The molecule has 1 saturated heterocycles. The van der Waals surface area contributed by atoms with Crippen LogP contribution in [0.5, 0.6) is 0 Å². The van der Waals surface area contributed by atoms with Crippen LogP contribution in [0.4, 0.5) is 0 Å².